The summed E-state index contributed by atoms with van der Waals surface area (Å²) in [5.74, 6) is 0. The summed E-state index contributed by atoms with van der Waals surface area (Å²) in [6, 6.07) is 0.681. The van der Waals surface area contributed by atoms with Crippen molar-refractivity contribution in [2.75, 3.05) is 40.0 Å². The number of nitrogens with zero attached hydrogens (tertiary/aromatic N) is 2. The van der Waals surface area contributed by atoms with Crippen molar-refractivity contribution in [1.82, 2.24) is 31.1 Å². The van der Waals surface area contributed by atoms with Crippen LogP contribution in [-0.2, 0) is 4.74 Å². The van der Waals surface area contributed by atoms with Gasteiger partial charge in [-0.25, -0.2) is 4.90 Å². The fourth-order valence-corrected chi connectivity index (χ4v) is 5.17. The Balaban J connectivity index is 1.25. The Morgan fingerprint density at radius 3 is 2.72 bits per heavy atom. The van der Waals surface area contributed by atoms with Crippen LogP contribution >= 0.6 is 0 Å². The zero-order valence-corrected chi connectivity index (χ0v) is 17.5. The molecular formula is C19H39N7O3. The highest BCUT2D eigenvalue weighted by Crippen LogP contribution is 2.28. The Morgan fingerprint density at radius 1 is 1.14 bits per heavy atom. The highest BCUT2D eigenvalue weighted by molar-refractivity contribution is 5.01. The molecule has 4 rings (SSSR count). The van der Waals surface area contributed by atoms with Gasteiger partial charge in [0.05, 0.1) is 25.0 Å². The lowest BCUT2D eigenvalue weighted by atomic mass is 9.95. The molecule has 0 bridgehead atoms. The molecule has 1 aliphatic carbocycles. The van der Waals surface area contributed by atoms with Crippen molar-refractivity contribution in [1.29, 1.82) is 0 Å². The number of hydrogen-bond donors (Lipinski definition) is 7. The molecule has 0 radical (unpaired) electrons. The van der Waals surface area contributed by atoms with Crippen LogP contribution < -0.4 is 27.0 Å². The van der Waals surface area contributed by atoms with E-state index in [0.717, 1.165) is 13.1 Å². The number of likely N-dealkylation sites (N-methyl/N-ethyl adjacent to an activating group) is 1. The van der Waals surface area contributed by atoms with Gasteiger partial charge in [0.15, 0.2) is 0 Å². The topological polar surface area (TPSA) is 130 Å². The van der Waals surface area contributed by atoms with Crippen LogP contribution in [0, 0.1) is 0 Å². The predicted octanol–water partition coefficient (Wildman–Crippen LogP) is -2.72. The normalized spacial score (nSPS) is 41.9. The van der Waals surface area contributed by atoms with E-state index in [4.69, 9.17) is 10.5 Å². The first-order valence-corrected chi connectivity index (χ1v) is 11.2. The average molecular weight is 414 g/mol. The van der Waals surface area contributed by atoms with Gasteiger partial charge in [0.25, 0.3) is 0 Å². The Morgan fingerprint density at radius 2 is 1.93 bits per heavy atom. The van der Waals surface area contributed by atoms with Gasteiger partial charge in [0.2, 0.25) is 0 Å². The van der Waals surface area contributed by atoms with Crippen LogP contribution in [0.3, 0.4) is 0 Å². The third kappa shape index (κ3) is 4.93. The first-order valence-electron chi connectivity index (χ1n) is 11.2. The minimum Gasteiger partial charge on any atom is -0.387 e. The van der Waals surface area contributed by atoms with Gasteiger partial charge in [0.1, 0.15) is 24.5 Å². The number of aliphatic hydroxyl groups is 2. The molecule has 10 heteroatoms. The quantitative estimate of drug-likeness (QED) is 0.236. The van der Waals surface area contributed by atoms with E-state index in [1.54, 1.807) is 0 Å². The fourth-order valence-electron chi connectivity index (χ4n) is 5.17. The molecule has 29 heavy (non-hydrogen) atoms. The maximum Gasteiger partial charge on any atom is 0.142 e. The van der Waals surface area contributed by atoms with E-state index in [2.05, 4.69) is 26.2 Å². The second-order valence-corrected chi connectivity index (χ2v) is 9.06. The highest BCUT2D eigenvalue weighted by atomic mass is 16.6. The lowest BCUT2D eigenvalue weighted by Gasteiger charge is -2.38. The summed E-state index contributed by atoms with van der Waals surface area (Å²) in [7, 11) is 2.04. The van der Waals surface area contributed by atoms with Crippen LogP contribution in [0.25, 0.3) is 0 Å². The largest absolute Gasteiger partial charge is 0.387 e. The SMILES string of the molecule is CN(CCNC1CCCCC1)CC1O[C@@H](N2CNC3C(N)NCNC32)[C@H](O)[C@@H]1O. The van der Waals surface area contributed by atoms with Gasteiger partial charge in [0, 0.05) is 32.3 Å². The molecule has 0 spiro atoms. The number of nitrogens with two attached hydrogens (primary N) is 1. The Hall–Kier alpha value is -0.400. The van der Waals surface area contributed by atoms with E-state index in [-0.39, 0.29) is 18.4 Å². The van der Waals surface area contributed by atoms with Gasteiger partial charge in [-0.15, -0.1) is 0 Å². The van der Waals surface area contributed by atoms with Gasteiger partial charge < -0.3 is 30.9 Å². The predicted molar refractivity (Wildman–Crippen MR) is 110 cm³/mol. The Kier molecular flexibility index (Phi) is 7.39. The van der Waals surface area contributed by atoms with E-state index in [0.29, 0.717) is 25.9 Å². The van der Waals surface area contributed by atoms with Crippen LogP contribution in [-0.4, -0.2) is 109 Å². The van der Waals surface area contributed by atoms with Crippen molar-refractivity contribution >= 4 is 0 Å². The molecule has 168 valence electrons. The van der Waals surface area contributed by atoms with Crippen molar-refractivity contribution in [3.8, 4) is 0 Å². The van der Waals surface area contributed by atoms with E-state index >= 15 is 0 Å². The third-order valence-corrected chi connectivity index (χ3v) is 6.93. The number of nitrogens with one attached hydrogen (secondary N) is 4. The molecular weight excluding hydrogens is 374 g/mol. The standard InChI is InChI=1S/C19H39N7O3/c1-25(8-7-21-12-5-3-2-4-6-12)9-13-15(27)16(28)19(29-13)26-11-24-14-17(20)22-10-23-18(14)26/h12-19,21-24,27-28H,2-11,20H2,1H3/t13?,14?,15-,16-,17?,18?,19-/m1/s1. The third-order valence-electron chi connectivity index (χ3n) is 6.93. The van der Waals surface area contributed by atoms with E-state index in [9.17, 15) is 10.2 Å². The summed E-state index contributed by atoms with van der Waals surface area (Å²) in [6.45, 7) is 3.57. The van der Waals surface area contributed by atoms with Crippen molar-refractivity contribution in [2.24, 2.45) is 5.73 Å². The Labute approximate surface area is 173 Å². The number of hydrogen-bond acceptors (Lipinski definition) is 10. The van der Waals surface area contributed by atoms with Crippen molar-refractivity contribution in [3.05, 3.63) is 0 Å². The molecule has 0 aromatic rings. The van der Waals surface area contributed by atoms with Crippen LogP contribution in [0.5, 0.6) is 0 Å². The zero-order valence-electron chi connectivity index (χ0n) is 17.5. The summed E-state index contributed by atoms with van der Waals surface area (Å²) in [4.78, 5) is 4.20. The molecule has 3 aliphatic heterocycles. The molecule has 0 aromatic heterocycles. The lowest BCUT2D eigenvalue weighted by Crippen LogP contribution is -2.68. The molecule has 4 unspecified atom stereocenters. The molecule has 0 amide bonds. The highest BCUT2D eigenvalue weighted by Gasteiger charge is 2.51. The average Bonchev–Trinajstić information content (AvgIpc) is 3.26. The van der Waals surface area contributed by atoms with Crippen LogP contribution in [0.15, 0.2) is 0 Å². The maximum absolute atomic E-state index is 10.7. The van der Waals surface area contributed by atoms with E-state index in [1.165, 1.54) is 32.1 Å². The lowest BCUT2D eigenvalue weighted by molar-refractivity contribution is -0.106. The molecule has 1 saturated carbocycles. The first kappa shape index (κ1) is 21.8. The molecule has 10 nitrogen and oxygen atoms in total. The van der Waals surface area contributed by atoms with Crippen LogP contribution in [0.1, 0.15) is 32.1 Å². The van der Waals surface area contributed by atoms with Gasteiger partial charge in [-0.1, -0.05) is 19.3 Å². The minimum absolute atomic E-state index is 0.0317. The van der Waals surface area contributed by atoms with Crippen LogP contribution in [0.4, 0.5) is 0 Å². The molecule has 3 heterocycles. The molecule has 4 fully saturated rings. The van der Waals surface area contributed by atoms with Gasteiger partial charge in [-0.05, 0) is 19.9 Å². The van der Waals surface area contributed by atoms with Gasteiger partial charge >= 0.3 is 0 Å². The molecule has 4 aliphatic rings. The molecule has 7 atom stereocenters. The summed E-state index contributed by atoms with van der Waals surface area (Å²) >= 11 is 0. The van der Waals surface area contributed by atoms with Crippen LogP contribution in [0.2, 0.25) is 0 Å². The number of aliphatic hydroxyl groups excluding tert-OH is 2. The smallest absolute Gasteiger partial charge is 0.142 e. The minimum atomic E-state index is -0.942. The fraction of sp³-hybridized carbons (Fsp3) is 1.00. The Bertz CT molecular complexity index is 524. The summed E-state index contributed by atoms with van der Waals surface area (Å²) < 4.78 is 6.14. The number of fused-ring (bicyclic) bond motifs is 1. The second-order valence-electron chi connectivity index (χ2n) is 9.06. The monoisotopic (exact) mass is 413 g/mol. The van der Waals surface area contributed by atoms with Gasteiger partial charge in [-0.3, -0.25) is 16.0 Å². The van der Waals surface area contributed by atoms with E-state index in [1.807, 2.05) is 11.9 Å². The van der Waals surface area contributed by atoms with E-state index < -0.39 is 24.5 Å². The summed E-state index contributed by atoms with van der Waals surface area (Å²) in [5, 5.41) is 34.8. The van der Waals surface area contributed by atoms with Crippen molar-refractivity contribution in [2.45, 2.75) is 81.1 Å². The zero-order chi connectivity index (χ0) is 20.4. The maximum atomic E-state index is 10.7. The first-order chi connectivity index (χ1) is 14.0. The summed E-state index contributed by atoms with van der Waals surface area (Å²) in [6.07, 6.45) is 3.59. The van der Waals surface area contributed by atoms with Gasteiger partial charge in [-0.2, -0.15) is 0 Å². The van der Waals surface area contributed by atoms with Crippen molar-refractivity contribution < 1.29 is 14.9 Å². The van der Waals surface area contributed by atoms with Crippen molar-refractivity contribution in [3.63, 3.8) is 0 Å². The number of rotatable bonds is 7. The second kappa shape index (κ2) is 9.82. The molecule has 3 saturated heterocycles. The summed E-state index contributed by atoms with van der Waals surface area (Å²) in [5.41, 5.74) is 6.13. The molecule has 8 N–H and O–H groups in total. The number of ether oxygens (including phenoxy) is 1. The molecule has 0 aromatic carbocycles.